The highest BCUT2D eigenvalue weighted by Gasteiger charge is 2.26. The highest BCUT2D eigenvalue weighted by atomic mass is 16.6. The average Bonchev–Trinajstić information content (AvgIpc) is 2.85. The van der Waals surface area contributed by atoms with Gasteiger partial charge in [0.25, 0.3) is 5.69 Å². The van der Waals surface area contributed by atoms with Crippen molar-refractivity contribution in [3.05, 3.63) is 76.0 Å². The zero-order valence-electron chi connectivity index (χ0n) is 18.6. The molecule has 1 aromatic heterocycles. The van der Waals surface area contributed by atoms with Crippen LogP contribution in [0, 0.1) is 10.1 Å². The van der Waals surface area contributed by atoms with Crippen molar-refractivity contribution in [1.29, 1.82) is 0 Å². The molecule has 0 atom stereocenters. The molecule has 9 nitrogen and oxygen atoms in total. The first-order valence-corrected chi connectivity index (χ1v) is 10.7. The Kier molecular flexibility index (Phi) is 6.71. The summed E-state index contributed by atoms with van der Waals surface area (Å²) in [6.07, 6.45) is 0. The molecule has 0 saturated carbocycles. The molecule has 2 heterocycles. The van der Waals surface area contributed by atoms with E-state index in [4.69, 9.17) is 9.72 Å². The predicted molar refractivity (Wildman–Crippen MR) is 124 cm³/mol. The minimum Gasteiger partial charge on any atom is -0.465 e. The van der Waals surface area contributed by atoms with Gasteiger partial charge in [0.15, 0.2) is 5.82 Å². The second-order valence-corrected chi connectivity index (χ2v) is 7.96. The van der Waals surface area contributed by atoms with E-state index in [1.54, 1.807) is 12.1 Å². The van der Waals surface area contributed by atoms with E-state index in [0.717, 1.165) is 31.7 Å². The minimum absolute atomic E-state index is 0.0798. The molecule has 0 radical (unpaired) electrons. The molecular formula is C24H25N5O4. The third kappa shape index (κ3) is 5.05. The summed E-state index contributed by atoms with van der Waals surface area (Å²) in [6, 6.07) is 15.6. The van der Waals surface area contributed by atoms with E-state index >= 15 is 0 Å². The Hall–Kier alpha value is -3.69. The van der Waals surface area contributed by atoms with Gasteiger partial charge in [-0.3, -0.25) is 15.0 Å². The second kappa shape index (κ2) is 9.85. The van der Waals surface area contributed by atoms with Gasteiger partial charge in [0.1, 0.15) is 5.56 Å². The highest BCUT2D eigenvalue weighted by Crippen LogP contribution is 2.30. The summed E-state index contributed by atoms with van der Waals surface area (Å²) in [5.74, 6) is -0.117. The lowest BCUT2D eigenvalue weighted by Gasteiger charge is -2.32. The van der Waals surface area contributed by atoms with Crippen molar-refractivity contribution in [2.75, 3.05) is 40.3 Å². The van der Waals surface area contributed by atoms with E-state index < -0.39 is 10.9 Å². The lowest BCUT2D eigenvalue weighted by Crippen LogP contribution is -2.44. The number of nitro groups is 1. The van der Waals surface area contributed by atoms with E-state index in [1.165, 1.54) is 19.2 Å². The van der Waals surface area contributed by atoms with Crippen molar-refractivity contribution >= 4 is 11.7 Å². The van der Waals surface area contributed by atoms with Crippen LogP contribution in [0.5, 0.6) is 0 Å². The number of nitro benzene ring substituents is 1. The van der Waals surface area contributed by atoms with Gasteiger partial charge in [-0.2, -0.15) is 0 Å². The van der Waals surface area contributed by atoms with Crippen LogP contribution in [-0.2, 0) is 11.3 Å². The number of carbonyl (C=O) groups is 1. The zero-order chi connectivity index (χ0) is 23.4. The highest BCUT2D eigenvalue weighted by molar-refractivity contribution is 5.97. The normalized spacial score (nSPS) is 14.7. The van der Waals surface area contributed by atoms with Gasteiger partial charge in [-0.1, -0.05) is 42.5 Å². The van der Waals surface area contributed by atoms with Crippen molar-refractivity contribution in [3.8, 4) is 22.6 Å². The van der Waals surface area contributed by atoms with E-state index in [1.807, 2.05) is 30.3 Å². The van der Waals surface area contributed by atoms with Crippen molar-refractivity contribution in [1.82, 2.24) is 19.8 Å². The van der Waals surface area contributed by atoms with Crippen LogP contribution in [0.1, 0.15) is 16.1 Å². The van der Waals surface area contributed by atoms with Crippen molar-refractivity contribution < 1.29 is 14.5 Å². The van der Waals surface area contributed by atoms with Crippen LogP contribution in [0.3, 0.4) is 0 Å². The van der Waals surface area contributed by atoms with Crippen LogP contribution in [0.25, 0.3) is 22.6 Å². The van der Waals surface area contributed by atoms with Gasteiger partial charge in [0.2, 0.25) is 0 Å². The summed E-state index contributed by atoms with van der Waals surface area (Å²) >= 11 is 0. The quantitative estimate of drug-likeness (QED) is 0.322. The number of non-ortho nitro benzene ring substituents is 1. The Morgan fingerprint density at radius 2 is 1.73 bits per heavy atom. The van der Waals surface area contributed by atoms with Crippen molar-refractivity contribution in [2.24, 2.45) is 0 Å². The Morgan fingerprint density at radius 1 is 1.03 bits per heavy atom. The Labute approximate surface area is 191 Å². The molecule has 2 aromatic carbocycles. The molecule has 0 N–H and O–H groups in total. The lowest BCUT2D eigenvalue weighted by atomic mass is 10.0. The van der Waals surface area contributed by atoms with Gasteiger partial charge >= 0.3 is 5.97 Å². The molecule has 0 aliphatic carbocycles. The molecular weight excluding hydrogens is 422 g/mol. The first-order chi connectivity index (χ1) is 16.0. The molecule has 4 rings (SSSR count). The number of likely N-dealkylation sites (N-methyl/N-ethyl adjacent to an activating group) is 1. The number of ether oxygens (including phenoxy) is 1. The Balaban J connectivity index is 1.90. The van der Waals surface area contributed by atoms with Gasteiger partial charge in [-0.15, -0.1) is 0 Å². The number of benzene rings is 2. The van der Waals surface area contributed by atoms with Gasteiger partial charge in [-0.05, 0) is 7.05 Å². The number of methoxy groups -OCH3 is 1. The fourth-order valence-electron chi connectivity index (χ4n) is 3.85. The molecule has 1 aliphatic heterocycles. The van der Waals surface area contributed by atoms with Crippen LogP contribution in [0.2, 0.25) is 0 Å². The standard InChI is InChI=1S/C24H25N5O4/c1-27-11-13-28(14-12-27)16-20-21(24(30)33-2)22(18-9-6-10-19(15-18)29(31)32)26-23(25-20)17-7-4-3-5-8-17/h3-10,15H,11-14,16H2,1-2H3. The number of carbonyl (C=O) groups excluding carboxylic acids is 1. The first kappa shape index (κ1) is 22.5. The number of hydrogen-bond acceptors (Lipinski definition) is 8. The van der Waals surface area contributed by atoms with Crippen LogP contribution < -0.4 is 0 Å². The summed E-state index contributed by atoms with van der Waals surface area (Å²) in [5.41, 5.74) is 2.27. The number of aromatic nitrogens is 2. The van der Waals surface area contributed by atoms with E-state index in [0.29, 0.717) is 29.3 Å². The van der Waals surface area contributed by atoms with E-state index in [9.17, 15) is 14.9 Å². The summed E-state index contributed by atoms with van der Waals surface area (Å²) in [7, 11) is 3.39. The summed E-state index contributed by atoms with van der Waals surface area (Å²) in [6.45, 7) is 3.97. The number of esters is 1. The zero-order valence-corrected chi connectivity index (χ0v) is 18.6. The number of nitrogens with zero attached hydrogens (tertiary/aromatic N) is 5. The molecule has 1 saturated heterocycles. The van der Waals surface area contributed by atoms with Gasteiger partial charge in [0.05, 0.1) is 23.4 Å². The third-order valence-electron chi connectivity index (χ3n) is 5.71. The fourth-order valence-corrected chi connectivity index (χ4v) is 3.85. The smallest absolute Gasteiger partial charge is 0.342 e. The maximum absolute atomic E-state index is 12.9. The molecule has 0 spiro atoms. The van der Waals surface area contributed by atoms with Gasteiger partial charge < -0.3 is 9.64 Å². The fraction of sp³-hybridized carbons (Fsp3) is 0.292. The summed E-state index contributed by atoms with van der Waals surface area (Å²) in [4.78, 5) is 37.8. The monoisotopic (exact) mass is 447 g/mol. The van der Waals surface area contributed by atoms with Crippen molar-refractivity contribution in [2.45, 2.75) is 6.54 Å². The van der Waals surface area contributed by atoms with Crippen LogP contribution in [-0.4, -0.2) is 71.0 Å². The van der Waals surface area contributed by atoms with Gasteiger partial charge in [0, 0.05) is 56.0 Å². The molecule has 9 heteroatoms. The third-order valence-corrected chi connectivity index (χ3v) is 5.71. The maximum atomic E-state index is 12.9. The van der Waals surface area contributed by atoms with Crippen LogP contribution in [0.15, 0.2) is 54.6 Å². The molecule has 0 unspecified atom stereocenters. The summed E-state index contributed by atoms with van der Waals surface area (Å²) in [5, 5.41) is 11.4. The average molecular weight is 447 g/mol. The number of rotatable bonds is 6. The Morgan fingerprint density at radius 3 is 2.39 bits per heavy atom. The predicted octanol–water partition coefficient (Wildman–Crippen LogP) is 3.25. The lowest BCUT2D eigenvalue weighted by molar-refractivity contribution is -0.384. The summed E-state index contributed by atoms with van der Waals surface area (Å²) < 4.78 is 5.09. The topological polar surface area (TPSA) is 102 Å². The molecule has 3 aromatic rings. The molecule has 170 valence electrons. The SMILES string of the molecule is COC(=O)c1c(CN2CCN(C)CC2)nc(-c2ccccc2)nc1-c1cccc([N+](=O)[O-])c1. The first-order valence-electron chi connectivity index (χ1n) is 10.7. The van der Waals surface area contributed by atoms with Gasteiger partial charge in [-0.25, -0.2) is 14.8 Å². The van der Waals surface area contributed by atoms with E-state index in [-0.39, 0.29) is 11.3 Å². The number of piperazine rings is 1. The second-order valence-electron chi connectivity index (χ2n) is 7.96. The number of hydrogen-bond donors (Lipinski definition) is 0. The molecule has 0 amide bonds. The minimum atomic E-state index is -0.569. The van der Waals surface area contributed by atoms with E-state index in [2.05, 4.69) is 21.8 Å². The molecule has 1 aliphatic rings. The van der Waals surface area contributed by atoms with Crippen molar-refractivity contribution in [3.63, 3.8) is 0 Å². The van der Waals surface area contributed by atoms with Crippen LogP contribution >= 0.6 is 0 Å². The maximum Gasteiger partial charge on any atom is 0.342 e. The van der Waals surface area contributed by atoms with Crippen LogP contribution in [0.4, 0.5) is 5.69 Å². The largest absolute Gasteiger partial charge is 0.465 e. The Bertz CT molecular complexity index is 1160. The molecule has 0 bridgehead atoms. The molecule has 33 heavy (non-hydrogen) atoms. The molecule has 1 fully saturated rings.